The summed E-state index contributed by atoms with van der Waals surface area (Å²) in [6, 6.07) is 4.33. The molecule has 2 rings (SSSR count). The van der Waals surface area contributed by atoms with Crippen molar-refractivity contribution in [3.8, 4) is 0 Å². The first kappa shape index (κ1) is 16.3. The van der Waals surface area contributed by atoms with Crippen molar-refractivity contribution in [2.45, 2.75) is 36.7 Å². The third-order valence-corrected chi connectivity index (χ3v) is 6.20. The Labute approximate surface area is 122 Å². The molecule has 1 aliphatic rings. The minimum atomic E-state index is -4.50. The Kier molecular flexibility index (Phi) is 4.63. The molecule has 0 spiro atoms. The fraction of sp³-hybridized carbons (Fsp3) is 0.571. The highest BCUT2D eigenvalue weighted by atomic mass is 32.2. The molecule has 21 heavy (non-hydrogen) atoms. The van der Waals surface area contributed by atoms with Crippen LogP contribution in [-0.2, 0) is 16.0 Å². The zero-order valence-corrected chi connectivity index (χ0v) is 12.5. The molecular formula is C14H18F3NO2S. The fourth-order valence-electron chi connectivity index (χ4n) is 2.92. The number of halogens is 3. The van der Waals surface area contributed by atoms with Crippen LogP contribution < -0.4 is 5.32 Å². The first-order valence-electron chi connectivity index (χ1n) is 6.82. The van der Waals surface area contributed by atoms with Crippen molar-refractivity contribution in [3.63, 3.8) is 0 Å². The number of hydrogen-bond acceptors (Lipinski definition) is 3. The highest BCUT2D eigenvalue weighted by Gasteiger charge is 2.40. The maximum Gasteiger partial charge on any atom is 0.416 e. The van der Waals surface area contributed by atoms with Gasteiger partial charge in [0.2, 0.25) is 0 Å². The second kappa shape index (κ2) is 5.96. The van der Waals surface area contributed by atoms with Gasteiger partial charge < -0.3 is 5.32 Å². The van der Waals surface area contributed by atoms with Crippen LogP contribution in [0.5, 0.6) is 0 Å². The van der Waals surface area contributed by atoms with Crippen LogP contribution >= 0.6 is 0 Å². The van der Waals surface area contributed by atoms with E-state index in [1.54, 1.807) is 0 Å². The van der Waals surface area contributed by atoms with E-state index >= 15 is 0 Å². The number of nitrogens with one attached hydrogen (secondary N) is 1. The lowest BCUT2D eigenvalue weighted by atomic mass is 9.95. The van der Waals surface area contributed by atoms with Crippen LogP contribution in [-0.4, -0.2) is 26.5 Å². The molecule has 118 valence electrons. The van der Waals surface area contributed by atoms with Gasteiger partial charge in [0.25, 0.3) is 0 Å². The quantitative estimate of drug-likeness (QED) is 0.931. The van der Waals surface area contributed by atoms with Gasteiger partial charge in [0, 0.05) is 6.04 Å². The summed E-state index contributed by atoms with van der Waals surface area (Å²) in [5.41, 5.74) is -0.770. The first-order chi connectivity index (χ1) is 9.77. The largest absolute Gasteiger partial charge is 0.416 e. The maximum atomic E-state index is 13.1. The van der Waals surface area contributed by atoms with Crippen LogP contribution in [0.3, 0.4) is 0 Å². The molecule has 1 N–H and O–H groups in total. The van der Waals surface area contributed by atoms with Crippen molar-refractivity contribution in [1.82, 2.24) is 5.32 Å². The summed E-state index contributed by atoms with van der Waals surface area (Å²) in [5.74, 6) is 0.0457. The topological polar surface area (TPSA) is 46.2 Å². The monoisotopic (exact) mass is 321 g/mol. The van der Waals surface area contributed by atoms with E-state index in [9.17, 15) is 21.6 Å². The lowest BCUT2D eigenvalue weighted by Crippen LogP contribution is -2.40. The van der Waals surface area contributed by atoms with Gasteiger partial charge in [-0.05, 0) is 31.5 Å². The Morgan fingerprint density at radius 2 is 1.90 bits per heavy atom. The Bertz CT molecular complexity index is 598. The molecule has 1 aromatic carbocycles. The Morgan fingerprint density at radius 1 is 1.24 bits per heavy atom. The minimum absolute atomic E-state index is 0.00275. The molecule has 0 aliphatic carbocycles. The van der Waals surface area contributed by atoms with Gasteiger partial charge in [0.1, 0.15) is 0 Å². The van der Waals surface area contributed by atoms with Gasteiger partial charge in [-0.15, -0.1) is 0 Å². The number of alkyl halides is 3. The number of rotatable bonds is 3. The van der Waals surface area contributed by atoms with Crippen molar-refractivity contribution in [3.05, 3.63) is 35.4 Å². The van der Waals surface area contributed by atoms with Gasteiger partial charge in [0.15, 0.2) is 9.84 Å². The Hall–Kier alpha value is -1.08. The van der Waals surface area contributed by atoms with Crippen LogP contribution in [0, 0.1) is 0 Å². The van der Waals surface area contributed by atoms with E-state index < -0.39 is 32.9 Å². The lowest BCUT2D eigenvalue weighted by Gasteiger charge is -2.31. The molecule has 1 saturated heterocycles. The van der Waals surface area contributed by atoms with Gasteiger partial charge in [-0.3, -0.25) is 0 Å². The van der Waals surface area contributed by atoms with Gasteiger partial charge >= 0.3 is 6.18 Å². The summed E-state index contributed by atoms with van der Waals surface area (Å²) in [4.78, 5) is 0. The molecule has 7 heteroatoms. The third-order valence-electron chi connectivity index (χ3n) is 3.91. The third kappa shape index (κ3) is 3.40. The van der Waals surface area contributed by atoms with E-state index in [0.29, 0.717) is 12.8 Å². The van der Waals surface area contributed by atoms with E-state index in [1.807, 2.05) is 0 Å². The summed E-state index contributed by atoms with van der Waals surface area (Å²) < 4.78 is 63.8. The highest BCUT2D eigenvalue weighted by molar-refractivity contribution is 7.92. The standard InChI is InChI=1S/C14H18F3NO2S/c1-18-13(12-8-4-5-9-21(12,19)20)10-6-2-3-7-11(10)14(15,16)17/h2-3,6-7,12-13,18H,4-5,8-9H2,1H3. The number of benzene rings is 1. The van der Waals surface area contributed by atoms with Gasteiger partial charge in [-0.25, -0.2) is 8.42 Å². The van der Waals surface area contributed by atoms with Crippen molar-refractivity contribution in [2.75, 3.05) is 12.8 Å². The van der Waals surface area contributed by atoms with Crippen molar-refractivity contribution < 1.29 is 21.6 Å². The second-order valence-electron chi connectivity index (χ2n) is 5.25. The van der Waals surface area contributed by atoms with Crippen molar-refractivity contribution >= 4 is 9.84 Å². The molecule has 0 saturated carbocycles. The van der Waals surface area contributed by atoms with Crippen LogP contribution in [0.25, 0.3) is 0 Å². The number of sulfone groups is 1. The van der Waals surface area contributed by atoms with Crippen LogP contribution in [0.4, 0.5) is 13.2 Å². The smallest absolute Gasteiger partial charge is 0.312 e. The maximum absolute atomic E-state index is 13.1. The normalized spacial score (nSPS) is 23.7. The molecule has 1 fully saturated rings. The zero-order valence-electron chi connectivity index (χ0n) is 11.7. The molecule has 2 unspecified atom stereocenters. The van der Waals surface area contributed by atoms with E-state index in [2.05, 4.69) is 5.32 Å². The summed E-state index contributed by atoms with van der Waals surface area (Å²) in [5, 5.41) is 1.97. The van der Waals surface area contributed by atoms with E-state index in [-0.39, 0.29) is 11.3 Å². The molecule has 0 radical (unpaired) electrons. The minimum Gasteiger partial charge on any atom is -0.312 e. The van der Waals surface area contributed by atoms with Gasteiger partial charge in [-0.1, -0.05) is 24.6 Å². The predicted molar refractivity (Wildman–Crippen MR) is 74.7 cm³/mol. The van der Waals surface area contributed by atoms with E-state index in [0.717, 1.165) is 12.5 Å². The average molecular weight is 321 g/mol. The summed E-state index contributed by atoms with van der Waals surface area (Å²) in [6.07, 6.45) is -2.81. The predicted octanol–water partition coefficient (Wildman–Crippen LogP) is 2.93. The SMILES string of the molecule is CNC(c1ccccc1C(F)(F)F)C1CCCCS1(=O)=O. The van der Waals surface area contributed by atoms with Gasteiger partial charge in [0.05, 0.1) is 16.6 Å². The van der Waals surface area contributed by atoms with Crippen LogP contribution in [0.15, 0.2) is 24.3 Å². The molecule has 0 aromatic heterocycles. The molecule has 0 bridgehead atoms. The molecule has 0 amide bonds. The second-order valence-corrected chi connectivity index (χ2v) is 7.59. The summed E-state index contributed by atoms with van der Waals surface area (Å²) in [6.45, 7) is 0. The fourth-order valence-corrected chi connectivity index (χ4v) is 5.05. The molecule has 1 aromatic rings. The number of hydrogen-bond donors (Lipinski definition) is 1. The molecule has 2 atom stereocenters. The van der Waals surface area contributed by atoms with Crippen LogP contribution in [0.2, 0.25) is 0 Å². The average Bonchev–Trinajstić information content (AvgIpc) is 2.40. The Morgan fingerprint density at radius 3 is 2.48 bits per heavy atom. The van der Waals surface area contributed by atoms with Crippen LogP contribution in [0.1, 0.15) is 36.4 Å². The van der Waals surface area contributed by atoms with Crippen molar-refractivity contribution in [2.24, 2.45) is 0 Å². The lowest BCUT2D eigenvalue weighted by molar-refractivity contribution is -0.138. The molecule has 1 heterocycles. The van der Waals surface area contributed by atoms with E-state index in [1.165, 1.54) is 25.2 Å². The summed E-state index contributed by atoms with van der Waals surface area (Å²) >= 11 is 0. The van der Waals surface area contributed by atoms with E-state index in [4.69, 9.17) is 0 Å². The molecule has 1 aliphatic heterocycles. The molecule has 3 nitrogen and oxygen atoms in total. The highest BCUT2D eigenvalue weighted by Crippen LogP contribution is 2.38. The molecular weight excluding hydrogens is 303 g/mol. The van der Waals surface area contributed by atoms with Crippen molar-refractivity contribution in [1.29, 1.82) is 0 Å². The first-order valence-corrected chi connectivity index (χ1v) is 8.54. The summed E-state index contributed by atoms with van der Waals surface area (Å²) in [7, 11) is -1.87. The van der Waals surface area contributed by atoms with Gasteiger partial charge in [-0.2, -0.15) is 13.2 Å². The zero-order chi connectivity index (χ0) is 15.7. The Balaban J connectivity index is 2.47.